The molecular formula is C20H37N3O5S. The first-order valence-electron chi connectivity index (χ1n) is 11.1. The van der Waals surface area contributed by atoms with Crippen LogP contribution in [0.5, 0.6) is 0 Å². The number of hydrogen-bond acceptors (Lipinski definition) is 7. The van der Waals surface area contributed by atoms with E-state index in [0.717, 1.165) is 51.7 Å². The Balaban J connectivity index is 1.59. The average molecular weight is 432 g/mol. The van der Waals surface area contributed by atoms with Gasteiger partial charge in [0.2, 0.25) is 10.0 Å². The Morgan fingerprint density at radius 2 is 1.55 bits per heavy atom. The molecule has 0 bridgehead atoms. The van der Waals surface area contributed by atoms with E-state index in [9.17, 15) is 13.2 Å². The van der Waals surface area contributed by atoms with Crippen LogP contribution in [0.2, 0.25) is 0 Å². The van der Waals surface area contributed by atoms with Crippen LogP contribution in [0.3, 0.4) is 0 Å². The van der Waals surface area contributed by atoms with Gasteiger partial charge in [-0.05, 0) is 51.9 Å². The summed E-state index contributed by atoms with van der Waals surface area (Å²) in [6, 6.07) is 0. The first kappa shape index (κ1) is 22.9. The highest BCUT2D eigenvalue weighted by atomic mass is 32.2. The van der Waals surface area contributed by atoms with Crippen LogP contribution in [0.15, 0.2) is 0 Å². The summed E-state index contributed by atoms with van der Waals surface area (Å²) in [5, 5.41) is 0. The molecule has 0 N–H and O–H groups in total. The highest BCUT2D eigenvalue weighted by Gasteiger charge is 2.35. The van der Waals surface area contributed by atoms with E-state index in [2.05, 4.69) is 9.80 Å². The molecule has 9 heteroatoms. The number of carbonyl (C=O) groups is 1. The Morgan fingerprint density at radius 3 is 2.17 bits per heavy atom. The molecule has 168 valence electrons. The second-order valence-electron chi connectivity index (χ2n) is 8.48. The Hall–Kier alpha value is -0.740. The maximum absolute atomic E-state index is 12.0. The molecule has 29 heavy (non-hydrogen) atoms. The third-order valence-corrected chi connectivity index (χ3v) is 7.64. The van der Waals surface area contributed by atoms with Gasteiger partial charge >= 0.3 is 5.97 Å². The van der Waals surface area contributed by atoms with Gasteiger partial charge in [0, 0.05) is 39.3 Å². The van der Waals surface area contributed by atoms with E-state index >= 15 is 0 Å². The molecule has 3 fully saturated rings. The molecule has 3 aliphatic rings. The second kappa shape index (κ2) is 10.5. The number of hydrogen-bond donors (Lipinski definition) is 0. The summed E-state index contributed by atoms with van der Waals surface area (Å²) in [4.78, 5) is 16.7. The summed E-state index contributed by atoms with van der Waals surface area (Å²) in [5.74, 6) is -0.0723. The molecule has 1 unspecified atom stereocenters. The van der Waals surface area contributed by atoms with E-state index in [4.69, 9.17) is 9.47 Å². The number of sulfonamides is 1. The van der Waals surface area contributed by atoms with E-state index in [-0.39, 0.29) is 24.3 Å². The molecule has 0 amide bonds. The fraction of sp³-hybridized carbons (Fsp3) is 0.950. The lowest BCUT2D eigenvalue weighted by atomic mass is 9.87. The molecule has 1 saturated carbocycles. The van der Waals surface area contributed by atoms with Crippen molar-refractivity contribution in [1.82, 2.24) is 14.1 Å². The number of likely N-dealkylation sites (tertiary alicyclic amines) is 1. The second-order valence-corrected chi connectivity index (χ2v) is 10.5. The zero-order valence-corrected chi connectivity index (χ0v) is 18.7. The molecule has 0 aromatic rings. The van der Waals surface area contributed by atoms with Crippen LogP contribution in [-0.2, 0) is 24.3 Å². The van der Waals surface area contributed by atoms with Crippen molar-refractivity contribution in [2.24, 2.45) is 5.92 Å². The van der Waals surface area contributed by atoms with Crippen LogP contribution in [0.4, 0.5) is 0 Å². The fourth-order valence-electron chi connectivity index (χ4n) is 4.70. The molecule has 0 spiro atoms. The van der Waals surface area contributed by atoms with Crippen LogP contribution >= 0.6 is 0 Å². The summed E-state index contributed by atoms with van der Waals surface area (Å²) in [7, 11) is -3.16. The van der Waals surface area contributed by atoms with E-state index in [1.54, 1.807) is 4.31 Å². The highest BCUT2D eigenvalue weighted by molar-refractivity contribution is 7.88. The summed E-state index contributed by atoms with van der Waals surface area (Å²) >= 11 is 0. The van der Waals surface area contributed by atoms with Gasteiger partial charge in [0.1, 0.15) is 0 Å². The summed E-state index contributed by atoms with van der Waals surface area (Å²) in [5.41, 5.74) is 0. The van der Waals surface area contributed by atoms with E-state index < -0.39 is 10.0 Å². The summed E-state index contributed by atoms with van der Waals surface area (Å²) in [6.07, 6.45) is 7.89. The van der Waals surface area contributed by atoms with Crippen LogP contribution in [0.25, 0.3) is 0 Å². The van der Waals surface area contributed by atoms with Crippen molar-refractivity contribution in [3.8, 4) is 0 Å². The number of rotatable bonds is 7. The molecule has 3 rings (SSSR count). The molecule has 2 saturated heterocycles. The van der Waals surface area contributed by atoms with Crippen LogP contribution < -0.4 is 0 Å². The lowest BCUT2D eigenvalue weighted by Crippen LogP contribution is -2.52. The Morgan fingerprint density at radius 1 is 0.931 bits per heavy atom. The van der Waals surface area contributed by atoms with E-state index in [1.807, 2.05) is 6.92 Å². The minimum absolute atomic E-state index is 0.00143. The lowest BCUT2D eigenvalue weighted by molar-refractivity contribution is -0.183. The fourth-order valence-corrected chi connectivity index (χ4v) is 5.57. The van der Waals surface area contributed by atoms with Crippen LogP contribution in [-0.4, -0.2) is 93.1 Å². The predicted molar refractivity (Wildman–Crippen MR) is 111 cm³/mol. The first-order valence-corrected chi connectivity index (χ1v) is 13.0. The van der Waals surface area contributed by atoms with E-state index in [0.29, 0.717) is 26.2 Å². The molecule has 1 aliphatic carbocycles. The zero-order chi connectivity index (χ0) is 20.9. The van der Waals surface area contributed by atoms with Gasteiger partial charge in [-0.2, -0.15) is 0 Å². The van der Waals surface area contributed by atoms with Gasteiger partial charge in [0.25, 0.3) is 0 Å². The minimum atomic E-state index is -3.16. The largest absolute Gasteiger partial charge is 0.466 e. The Kier molecular flexibility index (Phi) is 8.32. The van der Waals surface area contributed by atoms with Crippen LogP contribution in [0.1, 0.15) is 51.9 Å². The van der Waals surface area contributed by atoms with Crippen molar-refractivity contribution in [3.05, 3.63) is 0 Å². The number of carbonyl (C=O) groups excluding carboxylic acids is 1. The van der Waals surface area contributed by atoms with Crippen molar-refractivity contribution in [2.45, 2.75) is 64.3 Å². The van der Waals surface area contributed by atoms with Gasteiger partial charge in [-0.1, -0.05) is 0 Å². The number of esters is 1. The molecule has 1 atom stereocenters. The standard InChI is InChI=1S/C20H37N3O5S/c1-3-27-19(24)17-7-9-18(10-8-17)28-20(21-11-4-5-12-21)22-13-6-14-23(16-15-22)29(2,25)26/h17-18,20H,3-16H2,1-2H3. The minimum Gasteiger partial charge on any atom is -0.466 e. The molecule has 0 radical (unpaired) electrons. The number of ether oxygens (including phenoxy) is 2. The van der Waals surface area contributed by atoms with Crippen molar-refractivity contribution >= 4 is 16.0 Å². The third kappa shape index (κ3) is 6.37. The summed E-state index contributed by atoms with van der Waals surface area (Å²) < 4.78 is 37.3. The maximum atomic E-state index is 12.0. The highest BCUT2D eigenvalue weighted by Crippen LogP contribution is 2.30. The van der Waals surface area contributed by atoms with Crippen molar-refractivity contribution in [3.63, 3.8) is 0 Å². The number of nitrogens with zero attached hydrogens (tertiary/aromatic N) is 3. The van der Waals surface area contributed by atoms with Crippen molar-refractivity contribution < 1.29 is 22.7 Å². The van der Waals surface area contributed by atoms with Gasteiger partial charge in [0.15, 0.2) is 6.35 Å². The molecule has 2 aliphatic heterocycles. The smallest absolute Gasteiger partial charge is 0.308 e. The van der Waals surface area contributed by atoms with Gasteiger partial charge < -0.3 is 9.47 Å². The van der Waals surface area contributed by atoms with Crippen LogP contribution in [0, 0.1) is 5.92 Å². The maximum Gasteiger partial charge on any atom is 0.308 e. The lowest BCUT2D eigenvalue weighted by Gasteiger charge is -2.40. The normalized spacial score (nSPS) is 29.4. The average Bonchev–Trinajstić information content (AvgIpc) is 3.09. The molecule has 0 aromatic carbocycles. The van der Waals surface area contributed by atoms with Crippen molar-refractivity contribution in [2.75, 3.05) is 52.1 Å². The topological polar surface area (TPSA) is 79.4 Å². The van der Waals surface area contributed by atoms with Gasteiger partial charge in [-0.15, -0.1) is 0 Å². The Labute approximate surface area is 175 Å². The Bertz CT molecular complexity index is 630. The van der Waals surface area contributed by atoms with E-state index in [1.165, 1.54) is 19.1 Å². The van der Waals surface area contributed by atoms with Gasteiger partial charge in [-0.3, -0.25) is 14.6 Å². The quantitative estimate of drug-likeness (QED) is 0.565. The monoisotopic (exact) mass is 431 g/mol. The third-order valence-electron chi connectivity index (χ3n) is 6.33. The summed E-state index contributed by atoms with van der Waals surface area (Å²) in [6.45, 7) is 6.95. The SMILES string of the molecule is CCOC(=O)C1CCC(OC(N2CCCC2)N2CCCN(S(C)(=O)=O)CC2)CC1. The first-order chi connectivity index (χ1) is 13.9. The van der Waals surface area contributed by atoms with Gasteiger partial charge in [-0.25, -0.2) is 12.7 Å². The van der Waals surface area contributed by atoms with Crippen molar-refractivity contribution in [1.29, 1.82) is 0 Å². The zero-order valence-electron chi connectivity index (χ0n) is 17.9. The molecule has 0 aromatic heterocycles. The molecular weight excluding hydrogens is 394 g/mol. The molecule has 8 nitrogen and oxygen atoms in total. The molecule has 2 heterocycles. The van der Waals surface area contributed by atoms with Gasteiger partial charge in [0.05, 0.1) is 24.9 Å². The predicted octanol–water partition coefficient (Wildman–Crippen LogP) is 1.47.